The van der Waals surface area contributed by atoms with Crippen molar-refractivity contribution in [3.8, 4) is 5.75 Å². The Morgan fingerprint density at radius 3 is 2.26 bits per heavy atom. The van der Waals surface area contributed by atoms with Crippen LogP contribution in [0.4, 0.5) is 0 Å². The third-order valence-corrected chi connectivity index (χ3v) is 5.51. The lowest BCUT2D eigenvalue weighted by atomic mass is 10.2. The quantitative estimate of drug-likeness (QED) is 0.832. The van der Waals surface area contributed by atoms with E-state index in [1.54, 1.807) is 9.80 Å². The first-order valence-electron chi connectivity index (χ1n) is 8.64. The second kappa shape index (κ2) is 8.22. The highest BCUT2D eigenvalue weighted by atomic mass is 32.1. The van der Waals surface area contributed by atoms with E-state index < -0.39 is 0 Å². The summed E-state index contributed by atoms with van der Waals surface area (Å²) in [4.78, 5) is 41.0. The Bertz CT molecular complexity index is 839. The second-order valence-electron chi connectivity index (χ2n) is 6.34. The molecule has 27 heavy (non-hydrogen) atoms. The Balaban J connectivity index is 1.47. The van der Waals surface area contributed by atoms with Gasteiger partial charge in [0, 0.05) is 31.7 Å². The summed E-state index contributed by atoms with van der Waals surface area (Å²) in [7, 11) is 0. The minimum atomic E-state index is -0.370. The molecule has 0 saturated carbocycles. The minimum absolute atomic E-state index is 0.00947. The number of hydrogen-bond donors (Lipinski definition) is 2. The van der Waals surface area contributed by atoms with Crippen LogP contribution in [0.3, 0.4) is 0 Å². The number of carbonyl (C=O) groups is 3. The van der Waals surface area contributed by atoms with Crippen LogP contribution in [0.1, 0.15) is 25.6 Å². The van der Waals surface area contributed by atoms with Crippen molar-refractivity contribution in [2.75, 3.05) is 32.7 Å². The second-order valence-corrected chi connectivity index (χ2v) is 7.25. The van der Waals surface area contributed by atoms with Crippen molar-refractivity contribution in [2.45, 2.75) is 6.92 Å². The minimum Gasteiger partial charge on any atom is -0.508 e. The SMILES string of the molecule is Cc1ccsc1C(=O)N1CCN(C(=O)CNC(=O)c2ccc(O)cc2)CC1. The molecule has 0 radical (unpaired) electrons. The standard InChI is InChI=1S/C19H21N3O4S/c1-13-6-11-27-17(13)19(26)22-9-7-21(8-10-22)16(24)12-20-18(25)14-2-4-15(23)5-3-14/h2-6,11,23H,7-10,12H2,1H3,(H,20,25). The molecule has 0 spiro atoms. The zero-order chi connectivity index (χ0) is 19.4. The monoisotopic (exact) mass is 387 g/mol. The van der Waals surface area contributed by atoms with Gasteiger partial charge in [0.25, 0.3) is 11.8 Å². The number of thiophene rings is 1. The molecule has 1 aliphatic heterocycles. The van der Waals surface area contributed by atoms with E-state index in [9.17, 15) is 19.5 Å². The molecule has 3 rings (SSSR count). The summed E-state index contributed by atoms with van der Waals surface area (Å²) in [6.07, 6.45) is 0. The number of aryl methyl sites for hydroxylation is 1. The Hall–Kier alpha value is -2.87. The van der Waals surface area contributed by atoms with E-state index in [0.29, 0.717) is 31.7 Å². The van der Waals surface area contributed by atoms with Gasteiger partial charge in [-0.15, -0.1) is 11.3 Å². The van der Waals surface area contributed by atoms with E-state index in [1.807, 2.05) is 18.4 Å². The molecular formula is C19H21N3O4S. The topological polar surface area (TPSA) is 90.0 Å². The molecule has 2 heterocycles. The molecule has 0 aliphatic carbocycles. The third-order valence-electron chi connectivity index (χ3n) is 4.51. The van der Waals surface area contributed by atoms with Crippen LogP contribution < -0.4 is 5.32 Å². The summed E-state index contributed by atoms with van der Waals surface area (Å²) in [6, 6.07) is 7.75. The van der Waals surface area contributed by atoms with Crippen molar-refractivity contribution in [3.63, 3.8) is 0 Å². The predicted octanol–water partition coefficient (Wildman–Crippen LogP) is 1.48. The van der Waals surface area contributed by atoms with Gasteiger partial charge in [-0.25, -0.2) is 0 Å². The Labute approximate surface area is 161 Å². The fraction of sp³-hybridized carbons (Fsp3) is 0.316. The predicted molar refractivity (Wildman–Crippen MR) is 102 cm³/mol. The molecule has 7 nitrogen and oxygen atoms in total. The van der Waals surface area contributed by atoms with E-state index in [4.69, 9.17) is 0 Å². The van der Waals surface area contributed by atoms with E-state index in [0.717, 1.165) is 10.4 Å². The van der Waals surface area contributed by atoms with Gasteiger partial charge >= 0.3 is 0 Å². The zero-order valence-corrected chi connectivity index (χ0v) is 15.8. The van der Waals surface area contributed by atoms with Crippen LogP contribution >= 0.6 is 11.3 Å². The summed E-state index contributed by atoms with van der Waals surface area (Å²) in [5.41, 5.74) is 1.35. The number of nitrogens with one attached hydrogen (secondary N) is 1. The maximum atomic E-state index is 12.5. The normalized spacial score (nSPS) is 14.1. The molecule has 1 fully saturated rings. The Kier molecular flexibility index (Phi) is 5.75. The molecule has 3 amide bonds. The van der Waals surface area contributed by atoms with Gasteiger partial charge in [-0.05, 0) is 48.2 Å². The molecule has 1 aliphatic rings. The molecule has 2 aromatic rings. The molecule has 0 bridgehead atoms. The molecule has 1 saturated heterocycles. The average Bonchev–Trinajstić information content (AvgIpc) is 3.12. The van der Waals surface area contributed by atoms with Gasteiger partial charge in [0.1, 0.15) is 5.75 Å². The van der Waals surface area contributed by atoms with Crippen molar-refractivity contribution in [2.24, 2.45) is 0 Å². The summed E-state index contributed by atoms with van der Waals surface area (Å²) in [5.74, 6) is -0.463. The fourth-order valence-corrected chi connectivity index (χ4v) is 3.77. The lowest BCUT2D eigenvalue weighted by Crippen LogP contribution is -2.52. The van der Waals surface area contributed by atoms with Crippen LogP contribution in [0.2, 0.25) is 0 Å². The first kappa shape index (κ1) is 18.9. The molecule has 1 aromatic heterocycles. The summed E-state index contributed by atoms with van der Waals surface area (Å²) in [6.45, 7) is 3.67. The highest BCUT2D eigenvalue weighted by Crippen LogP contribution is 2.19. The van der Waals surface area contributed by atoms with Gasteiger partial charge in [0.2, 0.25) is 5.91 Å². The van der Waals surface area contributed by atoms with Gasteiger partial charge in [-0.2, -0.15) is 0 Å². The largest absolute Gasteiger partial charge is 0.508 e. The molecule has 1 aromatic carbocycles. The number of hydrogen-bond acceptors (Lipinski definition) is 5. The van der Waals surface area contributed by atoms with E-state index in [-0.39, 0.29) is 30.0 Å². The average molecular weight is 387 g/mol. The number of carbonyl (C=O) groups excluding carboxylic acids is 3. The number of rotatable bonds is 4. The smallest absolute Gasteiger partial charge is 0.264 e. The molecular weight excluding hydrogens is 366 g/mol. The lowest BCUT2D eigenvalue weighted by Gasteiger charge is -2.34. The first-order valence-corrected chi connectivity index (χ1v) is 9.52. The van der Waals surface area contributed by atoms with Crippen LogP contribution in [0.25, 0.3) is 0 Å². The van der Waals surface area contributed by atoms with Gasteiger partial charge in [-0.1, -0.05) is 0 Å². The third kappa shape index (κ3) is 4.46. The fourth-order valence-electron chi connectivity index (χ4n) is 2.88. The number of benzene rings is 1. The van der Waals surface area contributed by atoms with Crippen molar-refractivity contribution < 1.29 is 19.5 Å². The van der Waals surface area contributed by atoms with Crippen molar-refractivity contribution in [1.82, 2.24) is 15.1 Å². The van der Waals surface area contributed by atoms with Crippen LogP contribution in [-0.2, 0) is 4.79 Å². The van der Waals surface area contributed by atoms with Gasteiger partial charge < -0.3 is 20.2 Å². The Morgan fingerprint density at radius 1 is 1.04 bits per heavy atom. The van der Waals surface area contributed by atoms with Crippen molar-refractivity contribution >= 4 is 29.1 Å². The van der Waals surface area contributed by atoms with E-state index >= 15 is 0 Å². The van der Waals surface area contributed by atoms with Crippen molar-refractivity contribution in [1.29, 1.82) is 0 Å². The van der Waals surface area contributed by atoms with Gasteiger partial charge in [0.05, 0.1) is 11.4 Å². The number of phenols is 1. The number of amides is 3. The molecule has 2 N–H and O–H groups in total. The number of piperazine rings is 1. The van der Waals surface area contributed by atoms with Gasteiger partial charge in [0.15, 0.2) is 0 Å². The van der Waals surface area contributed by atoms with E-state index in [2.05, 4.69) is 5.32 Å². The van der Waals surface area contributed by atoms with Crippen molar-refractivity contribution in [3.05, 3.63) is 51.7 Å². The first-order chi connectivity index (χ1) is 13.0. The van der Waals surface area contributed by atoms with E-state index in [1.165, 1.54) is 35.6 Å². The molecule has 8 heteroatoms. The zero-order valence-electron chi connectivity index (χ0n) is 15.0. The molecule has 0 unspecified atom stereocenters. The number of nitrogens with zero attached hydrogens (tertiary/aromatic N) is 2. The number of phenolic OH excluding ortho intramolecular Hbond substituents is 1. The highest BCUT2D eigenvalue weighted by Gasteiger charge is 2.26. The lowest BCUT2D eigenvalue weighted by molar-refractivity contribution is -0.131. The van der Waals surface area contributed by atoms with Gasteiger partial charge in [-0.3, -0.25) is 14.4 Å². The Morgan fingerprint density at radius 2 is 1.67 bits per heavy atom. The maximum Gasteiger partial charge on any atom is 0.264 e. The summed E-state index contributed by atoms with van der Waals surface area (Å²) in [5, 5.41) is 13.7. The molecule has 142 valence electrons. The number of aromatic hydroxyl groups is 1. The summed E-state index contributed by atoms with van der Waals surface area (Å²) >= 11 is 1.43. The van der Waals surface area contributed by atoms with Crippen LogP contribution in [-0.4, -0.2) is 65.4 Å². The summed E-state index contributed by atoms with van der Waals surface area (Å²) < 4.78 is 0. The maximum absolute atomic E-state index is 12.5. The van der Waals surface area contributed by atoms with Crippen LogP contribution in [0.15, 0.2) is 35.7 Å². The van der Waals surface area contributed by atoms with Crippen LogP contribution in [0.5, 0.6) is 5.75 Å². The van der Waals surface area contributed by atoms with Crippen LogP contribution in [0, 0.1) is 6.92 Å². The molecule has 0 atom stereocenters. The highest BCUT2D eigenvalue weighted by molar-refractivity contribution is 7.12.